The second kappa shape index (κ2) is 3.94. The highest BCUT2D eigenvalue weighted by Gasteiger charge is 2.17. The lowest BCUT2D eigenvalue weighted by Crippen LogP contribution is -2.03. The first-order chi connectivity index (χ1) is 6.15. The number of nitrogens with two attached hydrogens (primary N) is 1. The van der Waals surface area contributed by atoms with Crippen molar-refractivity contribution in [1.29, 1.82) is 0 Å². The molecule has 1 aromatic heterocycles. The minimum atomic E-state index is -1.34. The van der Waals surface area contributed by atoms with Gasteiger partial charge in [0.2, 0.25) is 0 Å². The van der Waals surface area contributed by atoms with Gasteiger partial charge in [-0.15, -0.1) is 5.10 Å². The Kier molecular flexibility index (Phi) is 2.91. The van der Waals surface area contributed by atoms with Crippen LogP contribution in [0.1, 0.15) is 18.3 Å². The molecular formula is C6H9FN4O2. The van der Waals surface area contributed by atoms with Crippen LogP contribution in [0.4, 0.5) is 10.2 Å². The first-order valence-corrected chi connectivity index (χ1v) is 3.69. The zero-order valence-electron chi connectivity index (χ0n) is 6.74. The van der Waals surface area contributed by atoms with E-state index in [-0.39, 0.29) is 24.5 Å². The third-order valence-corrected chi connectivity index (χ3v) is 1.52. The standard InChI is InChI=1S/C6H9FN4O2/c7-4(1-2-8)5-3-6(10-9-5)11(12)13/h3-4H,1-2,8H2,(H,9,10). The number of H-pyrrole nitrogens is 1. The molecule has 0 bridgehead atoms. The summed E-state index contributed by atoms with van der Waals surface area (Å²) in [6, 6.07) is 1.07. The fraction of sp³-hybridized carbons (Fsp3) is 0.500. The van der Waals surface area contributed by atoms with Crippen molar-refractivity contribution in [2.45, 2.75) is 12.6 Å². The van der Waals surface area contributed by atoms with E-state index in [1.807, 2.05) is 0 Å². The number of alkyl halides is 1. The van der Waals surface area contributed by atoms with E-state index in [4.69, 9.17) is 5.73 Å². The van der Waals surface area contributed by atoms with Crippen molar-refractivity contribution in [3.8, 4) is 0 Å². The molecule has 0 aromatic carbocycles. The molecule has 0 spiro atoms. The van der Waals surface area contributed by atoms with Gasteiger partial charge in [0, 0.05) is 0 Å². The van der Waals surface area contributed by atoms with Gasteiger partial charge in [-0.3, -0.25) is 0 Å². The molecule has 0 saturated carbocycles. The van der Waals surface area contributed by atoms with Gasteiger partial charge < -0.3 is 15.8 Å². The van der Waals surface area contributed by atoms with Crippen molar-refractivity contribution in [1.82, 2.24) is 10.2 Å². The summed E-state index contributed by atoms with van der Waals surface area (Å²) in [6.45, 7) is 0.182. The number of nitrogens with one attached hydrogen (secondary N) is 1. The van der Waals surface area contributed by atoms with Crippen molar-refractivity contribution in [2.24, 2.45) is 5.73 Å². The Bertz CT molecular complexity index is 301. The van der Waals surface area contributed by atoms with Crippen LogP contribution >= 0.6 is 0 Å². The van der Waals surface area contributed by atoms with E-state index < -0.39 is 11.1 Å². The molecule has 0 fully saturated rings. The van der Waals surface area contributed by atoms with E-state index in [2.05, 4.69) is 10.2 Å². The summed E-state index contributed by atoms with van der Waals surface area (Å²) in [4.78, 5) is 9.52. The van der Waals surface area contributed by atoms with E-state index in [0.29, 0.717) is 0 Å². The van der Waals surface area contributed by atoms with Gasteiger partial charge in [-0.25, -0.2) is 4.39 Å². The average molecular weight is 188 g/mol. The highest BCUT2D eigenvalue weighted by atomic mass is 19.1. The van der Waals surface area contributed by atoms with E-state index in [1.165, 1.54) is 0 Å². The summed E-state index contributed by atoms with van der Waals surface area (Å²) >= 11 is 0. The van der Waals surface area contributed by atoms with Gasteiger partial charge in [0.05, 0.1) is 6.07 Å². The fourth-order valence-corrected chi connectivity index (χ4v) is 0.875. The summed E-state index contributed by atoms with van der Waals surface area (Å²) in [5.74, 6) is -0.310. The largest absolute Gasteiger partial charge is 0.358 e. The lowest BCUT2D eigenvalue weighted by molar-refractivity contribution is -0.389. The normalized spacial score (nSPS) is 12.8. The summed E-state index contributed by atoms with van der Waals surface area (Å²) in [7, 11) is 0. The molecular weight excluding hydrogens is 179 g/mol. The zero-order chi connectivity index (χ0) is 9.84. The molecule has 0 aliphatic rings. The summed E-state index contributed by atoms with van der Waals surface area (Å²) in [5, 5.41) is 15.8. The number of rotatable bonds is 4. The minimum absolute atomic E-state index is 0.0251. The highest BCUT2D eigenvalue weighted by molar-refractivity contribution is 5.21. The molecule has 6 nitrogen and oxygen atoms in total. The van der Waals surface area contributed by atoms with Crippen molar-refractivity contribution < 1.29 is 9.31 Å². The topological polar surface area (TPSA) is 97.8 Å². The second-order valence-electron chi connectivity index (χ2n) is 2.48. The van der Waals surface area contributed by atoms with E-state index >= 15 is 0 Å². The maximum atomic E-state index is 13.0. The first kappa shape index (κ1) is 9.59. The Morgan fingerprint density at radius 1 is 1.85 bits per heavy atom. The lowest BCUT2D eigenvalue weighted by Gasteiger charge is -1.98. The molecule has 13 heavy (non-hydrogen) atoms. The SMILES string of the molecule is NCCC(F)c1cc([N+](=O)[O-])[nH]n1. The van der Waals surface area contributed by atoms with Gasteiger partial charge in [-0.1, -0.05) is 5.10 Å². The molecule has 1 heterocycles. The lowest BCUT2D eigenvalue weighted by atomic mass is 10.2. The van der Waals surface area contributed by atoms with Crippen molar-refractivity contribution >= 4 is 5.82 Å². The Balaban J connectivity index is 2.73. The monoisotopic (exact) mass is 188 g/mol. The summed E-state index contributed by atoms with van der Waals surface area (Å²) < 4.78 is 13.0. The van der Waals surface area contributed by atoms with Crippen LogP contribution in [0.2, 0.25) is 0 Å². The average Bonchev–Trinajstić information content (AvgIpc) is 2.52. The number of hydrogen-bond acceptors (Lipinski definition) is 4. The van der Waals surface area contributed by atoms with Crippen LogP contribution < -0.4 is 5.73 Å². The van der Waals surface area contributed by atoms with Gasteiger partial charge in [0.1, 0.15) is 11.9 Å². The molecule has 72 valence electrons. The number of nitro groups is 1. The van der Waals surface area contributed by atoms with Crippen molar-refractivity contribution in [3.05, 3.63) is 21.9 Å². The Hall–Kier alpha value is -1.50. The van der Waals surface area contributed by atoms with Gasteiger partial charge in [0.15, 0.2) is 0 Å². The van der Waals surface area contributed by atoms with Crippen LogP contribution in [0.15, 0.2) is 6.07 Å². The minimum Gasteiger partial charge on any atom is -0.358 e. The van der Waals surface area contributed by atoms with Crippen LogP contribution in [-0.2, 0) is 0 Å². The molecule has 0 radical (unpaired) electrons. The quantitative estimate of drug-likeness (QED) is 0.536. The van der Waals surface area contributed by atoms with E-state index in [9.17, 15) is 14.5 Å². The molecule has 1 aromatic rings. The van der Waals surface area contributed by atoms with Gasteiger partial charge in [-0.2, -0.15) is 0 Å². The van der Waals surface area contributed by atoms with Gasteiger partial charge in [0.25, 0.3) is 0 Å². The molecule has 7 heteroatoms. The molecule has 3 N–H and O–H groups in total. The predicted molar refractivity (Wildman–Crippen MR) is 42.8 cm³/mol. The van der Waals surface area contributed by atoms with Crippen molar-refractivity contribution in [3.63, 3.8) is 0 Å². The number of halogens is 1. The summed E-state index contributed by atoms with van der Waals surface area (Å²) in [6.07, 6.45) is -1.22. The molecule has 1 unspecified atom stereocenters. The van der Waals surface area contributed by atoms with Crippen LogP contribution in [0.25, 0.3) is 0 Å². The van der Waals surface area contributed by atoms with Gasteiger partial charge in [-0.05, 0) is 17.9 Å². The molecule has 1 atom stereocenters. The fourth-order valence-electron chi connectivity index (χ4n) is 0.875. The number of nitrogens with zero attached hydrogens (tertiary/aromatic N) is 2. The molecule has 1 rings (SSSR count). The van der Waals surface area contributed by atoms with E-state index in [0.717, 1.165) is 6.07 Å². The Morgan fingerprint density at radius 2 is 2.54 bits per heavy atom. The molecule has 0 aliphatic heterocycles. The molecule has 0 aliphatic carbocycles. The van der Waals surface area contributed by atoms with Crippen LogP contribution in [-0.4, -0.2) is 21.7 Å². The maximum absolute atomic E-state index is 13.0. The zero-order valence-corrected chi connectivity index (χ0v) is 6.74. The third kappa shape index (κ3) is 2.22. The number of hydrogen-bond donors (Lipinski definition) is 2. The maximum Gasteiger partial charge on any atom is 0.342 e. The van der Waals surface area contributed by atoms with Crippen LogP contribution in [0, 0.1) is 10.1 Å². The highest BCUT2D eigenvalue weighted by Crippen LogP contribution is 2.21. The third-order valence-electron chi connectivity index (χ3n) is 1.52. The van der Waals surface area contributed by atoms with Crippen LogP contribution in [0.5, 0.6) is 0 Å². The molecule has 0 amide bonds. The smallest absolute Gasteiger partial charge is 0.342 e. The Labute approximate surface area is 73.1 Å². The van der Waals surface area contributed by atoms with Crippen molar-refractivity contribution in [2.75, 3.05) is 6.54 Å². The summed E-state index contributed by atoms with van der Waals surface area (Å²) in [5.41, 5.74) is 5.15. The second-order valence-corrected chi connectivity index (χ2v) is 2.48. The van der Waals surface area contributed by atoms with Crippen LogP contribution in [0.3, 0.4) is 0 Å². The Morgan fingerprint density at radius 3 is 3.00 bits per heavy atom. The predicted octanol–water partition coefficient (Wildman–Crippen LogP) is 0.677. The number of aromatic nitrogens is 2. The first-order valence-electron chi connectivity index (χ1n) is 3.69. The van der Waals surface area contributed by atoms with E-state index in [1.54, 1.807) is 0 Å². The number of aromatic amines is 1. The molecule has 0 saturated heterocycles. The van der Waals surface area contributed by atoms with Gasteiger partial charge >= 0.3 is 5.82 Å².